The largest absolute Gasteiger partial charge is 0.481 e. The minimum Gasteiger partial charge on any atom is -0.481 e. The van der Waals surface area contributed by atoms with Crippen LogP contribution in [-0.4, -0.2) is 46.6 Å². The molecule has 0 spiro atoms. The molecule has 12 heteroatoms. The third kappa shape index (κ3) is 2.89. The van der Waals surface area contributed by atoms with Crippen LogP contribution in [0.25, 0.3) is 0 Å². The second kappa shape index (κ2) is 4.97. The van der Waals surface area contributed by atoms with Gasteiger partial charge in [0.1, 0.15) is 5.41 Å². The maximum absolute atomic E-state index is 11.4. The first-order valence-corrected chi connectivity index (χ1v) is 7.90. The summed E-state index contributed by atoms with van der Waals surface area (Å²) >= 11 is 0. The van der Waals surface area contributed by atoms with Crippen LogP contribution >= 0.6 is 15.2 Å². The molecule has 0 aromatic heterocycles. The zero-order valence-electron chi connectivity index (χ0n) is 9.92. The van der Waals surface area contributed by atoms with Crippen LogP contribution in [-0.2, 0) is 18.7 Å². The van der Waals surface area contributed by atoms with Crippen LogP contribution in [0.5, 0.6) is 0 Å². The average Bonchev–Trinajstić information content (AvgIpc) is 2.10. The van der Waals surface area contributed by atoms with Crippen molar-refractivity contribution in [1.82, 2.24) is 0 Å². The lowest BCUT2D eigenvalue weighted by Crippen LogP contribution is -2.50. The highest BCUT2D eigenvalue weighted by Crippen LogP contribution is 2.75. The lowest BCUT2D eigenvalue weighted by molar-refractivity contribution is -0.156. The molecule has 10 nitrogen and oxygen atoms in total. The van der Waals surface area contributed by atoms with Gasteiger partial charge in [0.15, 0.2) is 4.90 Å². The molecular formula is C7H14O10P2. The molecule has 0 saturated heterocycles. The molecule has 0 bridgehead atoms. The van der Waals surface area contributed by atoms with Gasteiger partial charge in [-0.15, -0.1) is 0 Å². The first kappa shape index (κ1) is 18.2. The number of carboxylic acids is 2. The Morgan fingerprint density at radius 2 is 1.26 bits per heavy atom. The van der Waals surface area contributed by atoms with Crippen LogP contribution < -0.4 is 0 Å². The SMILES string of the molecule is CC(CC(=O)O)(C(=O)O)C(C)(P(=O)(O)O)P(=O)(O)O. The summed E-state index contributed by atoms with van der Waals surface area (Å²) in [5.74, 6) is -3.80. The van der Waals surface area contributed by atoms with Crippen molar-refractivity contribution in [1.29, 1.82) is 0 Å². The molecule has 0 aliphatic heterocycles. The number of carbonyl (C=O) groups is 2. The van der Waals surface area contributed by atoms with E-state index in [-0.39, 0.29) is 0 Å². The van der Waals surface area contributed by atoms with Crippen LogP contribution in [0, 0.1) is 5.41 Å². The van der Waals surface area contributed by atoms with Gasteiger partial charge in [0, 0.05) is 0 Å². The highest BCUT2D eigenvalue weighted by molar-refractivity contribution is 7.72. The van der Waals surface area contributed by atoms with E-state index in [1.54, 1.807) is 0 Å². The summed E-state index contributed by atoms with van der Waals surface area (Å²) in [6, 6.07) is 0. The number of carboxylic acid groups (broad SMARTS) is 2. The van der Waals surface area contributed by atoms with Crippen molar-refractivity contribution in [2.24, 2.45) is 5.41 Å². The zero-order chi connectivity index (χ0) is 15.9. The maximum Gasteiger partial charge on any atom is 0.344 e. The topological polar surface area (TPSA) is 190 Å². The molecule has 0 aromatic carbocycles. The van der Waals surface area contributed by atoms with E-state index in [1.165, 1.54) is 0 Å². The number of rotatable bonds is 6. The summed E-state index contributed by atoms with van der Waals surface area (Å²) in [5, 5.41) is 17.6. The van der Waals surface area contributed by atoms with Crippen molar-refractivity contribution in [3.63, 3.8) is 0 Å². The van der Waals surface area contributed by atoms with E-state index >= 15 is 0 Å². The number of aliphatic carboxylic acids is 2. The van der Waals surface area contributed by atoms with Gasteiger partial charge in [-0.3, -0.25) is 18.7 Å². The van der Waals surface area contributed by atoms with Crippen molar-refractivity contribution in [3.8, 4) is 0 Å². The molecule has 0 saturated carbocycles. The van der Waals surface area contributed by atoms with Gasteiger partial charge in [0.05, 0.1) is 6.42 Å². The number of hydrogen-bond donors (Lipinski definition) is 6. The van der Waals surface area contributed by atoms with Gasteiger partial charge < -0.3 is 29.8 Å². The Labute approximate surface area is 107 Å². The molecule has 112 valence electrons. The van der Waals surface area contributed by atoms with Crippen LogP contribution in [0.15, 0.2) is 0 Å². The molecule has 0 rings (SSSR count). The van der Waals surface area contributed by atoms with E-state index in [0.29, 0.717) is 13.8 Å². The predicted molar refractivity (Wildman–Crippen MR) is 60.5 cm³/mol. The second-order valence-corrected chi connectivity index (χ2v) is 8.63. The lowest BCUT2D eigenvalue weighted by Gasteiger charge is -2.42. The fraction of sp³-hybridized carbons (Fsp3) is 0.714. The molecule has 6 N–H and O–H groups in total. The standard InChI is InChI=1S/C7H14O10P2/c1-6(5(10)11,3-4(8)9)7(2,18(12,13)14)19(15,16)17/h3H2,1-2H3,(H,8,9)(H,10,11)(H2,12,13,14)(H2,15,16,17). The Bertz CT molecular complexity index is 464. The van der Waals surface area contributed by atoms with E-state index < -0.39 is 43.9 Å². The Hall–Kier alpha value is -0.760. The van der Waals surface area contributed by atoms with Crippen LogP contribution in [0.2, 0.25) is 0 Å². The van der Waals surface area contributed by atoms with Gasteiger partial charge in [-0.1, -0.05) is 0 Å². The Kier molecular flexibility index (Phi) is 4.77. The van der Waals surface area contributed by atoms with Gasteiger partial charge in [-0.05, 0) is 13.8 Å². The maximum atomic E-state index is 11.4. The minimum atomic E-state index is -5.65. The minimum absolute atomic E-state index is 0.367. The molecule has 0 radical (unpaired) electrons. The van der Waals surface area contributed by atoms with Crippen LogP contribution in [0.3, 0.4) is 0 Å². The number of hydrogen-bond acceptors (Lipinski definition) is 4. The third-order valence-electron chi connectivity index (χ3n) is 3.16. The van der Waals surface area contributed by atoms with Gasteiger partial charge in [-0.25, -0.2) is 0 Å². The van der Waals surface area contributed by atoms with Crippen LogP contribution in [0.1, 0.15) is 20.3 Å². The molecule has 0 aromatic rings. The van der Waals surface area contributed by atoms with E-state index in [4.69, 9.17) is 29.8 Å². The van der Waals surface area contributed by atoms with Gasteiger partial charge in [0.2, 0.25) is 0 Å². The second-order valence-electron chi connectivity index (χ2n) is 4.32. The smallest absolute Gasteiger partial charge is 0.344 e. The first-order chi connectivity index (χ1) is 8.11. The normalized spacial score (nSPS) is 16.7. The summed E-state index contributed by atoms with van der Waals surface area (Å²) in [4.78, 5) is 55.0. The van der Waals surface area contributed by atoms with Crippen molar-refractivity contribution in [2.75, 3.05) is 0 Å². The summed E-state index contributed by atoms with van der Waals surface area (Å²) in [6.45, 7) is 0.938. The van der Waals surface area contributed by atoms with Crippen molar-refractivity contribution < 1.29 is 48.5 Å². The molecule has 0 heterocycles. The quantitative estimate of drug-likeness (QED) is 0.352. The van der Waals surface area contributed by atoms with Crippen LogP contribution in [0.4, 0.5) is 0 Å². The van der Waals surface area contributed by atoms with E-state index in [1.807, 2.05) is 0 Å². The fourth-order valence-electron chi connectivity index (χ4n) is 1.56. The molecule has 0 aliphatic carbocycles. The molecule has 1 atom stereocenters. The Balaban J connectivity index is 6.43. The van der Waals surface area contributed by atoms with E-state index in [0.717, 1.165) is 0 Å². The van der Waals surface area contributed by atoms with Crippen molar-refractivity contribution in [2.45, 2.75) is 25.2 Å². The fourth-order valence-corrected chi connectivity index (χ4v) is 4.55. The van der Waals surface area contributed by atoms with Gasteiger partial charge >= 0.3 is 27.1 Å². The highest BCUT2D eigenvalue weighted by atomic mass is 31.2. The summed E-state index contributed by atoms with van der Waals surface area (Å²) < 4.78 is 22.8. The Morgan fingerprint density at radius 1 is 0.947 bits per heavy atom. The van der Waals surface area contributed by atoms with E-state index in [9.17, 15) is 18.7 Å². The monoisotopic (exact) mass is 320 g/mol. The first-order valence-electron chi connectivity index (χ1n) is 4.67. The highest BCUT2D eigenvalue weighted by Gasteiger charge is 2.70. The van der Waals surface area contributed by atoms with Gasteiger partial charge in [-0.2, -0.15) is 0 Å². The third-order valence-corrected chi connectivity index (χ3v) is 7.98. The molecule has 1 unspecified atom stereocenters. The molecule has 0 aliphatic rings. The summed E-state index contributed by atoms with van der Waals surface area (Å²) in [5.41, 5.74) is -2.86. The lowest BCUT2D eigenvalue weighted by atomic mass is 9.83. The van der Waals surface area contributed by atoms with Gasteiger partial charge in [0.25, 0.3) is 0 Å². The predicted octanol–water partition coefficient (Wildman–Crippen LogP) is -0.376. The van der Waals surface area contributed by atoms with Crippen molar-refractivity contribution >= 4 is 27.1 Å². The van der Waals surface area contributed by atoms with E-state index in [2.05, 4.69) is 0 Å². The Morgan fingerprint density at radius 3 is 1.42 bits per heavy atom. The molecule has 0 amide bonds. The summed E-state index contributed by atoms with van der Waals surface area (Å²) in [7, 11) is -11.3. The average molecular weight is 320 g/mol. The van der Waals surface area contributed by atoms with Crippen molar-refractivity contribution in [3.05, 3.63) is 0 Å². The molecule has 0 fully saturated rings. The molecular weight excluding hydrogens is 306 g/mol. The summed E-state index contributed by atoms with van der Waals surface area (Å²) in [6.07, 6.45) is -1.37. The molecule has 19 heavy (non-hydrogen) atoms. The zero-order valence-corrected chi connectivity index (χ0v) is 11.7.